The maximum atomic E-state index is 11.8. The number of esters is 1. The van der Waals surface area contributed by atoms with E-state index in [-0.39, 0.29) is 18.1 Å². The zero-order valence-corrected chi connectivity index (χ0v) is 23.3. The number of rotatable bonds is 13. The highest BCUT2D eigenvalue weighted by Gasteiger charge is 2.35. The van der Waals surface area contributed by atoms with E-state index in [4.69, 9.17) is 31.5 Å². The number of allylic oxidation sites excluding steroid dienone is 1. The Morgan fingerprint density at radius 1 is 1.13 bits per heavy atom. The summed E-state index contributed by atoms with van der Waals surface area (Å²) >= 11 is 5.96. The second-order valence-corrected chi connectivity index (χ2v) is 10.2. The van der Waals surface area contributed by atoms with Gasteiger partial charge in [0.25, 0.3) is 0 Å². The first-order valence-electron chi connectivity index (χ1n) is 12.8. The molecule has 0 amide bonds. The number of carbonyl (C=O) groups is 1. The third-order valence-corrected chi connectivity index (χ3v) is 6.63. The average molecular weight is 540 g/mol. The normalized spacial score (nSPS) is 15.2. The Bertz CT molecular complexity index is 1130. The van der Waals surface area contributed by atoms with Gasteiger partial charge in [-0.15, -0.1) is 0 Å². The zero-order valence-electron chi connectivity index (χ0n) is 22.6. The summed E-state index contributed by atoms with van der Waals surface area (Å²) in [5.41, 5.74) is 7.81. The molecule has 0 spiro atoms. The summed E-state index contributed by atoms with van der Waals surface area (Å²) in [6.45, 7) is 5.59. The fraction of sp³-hybridized carbons (Fsp3) is 0.433. The van der Waals surface area contributed by atoms with E-state index >= 15 is 0 Å². The van der Waals surface area contributed by atoms with Crippen molar-refractivity contribution in [3.05, 3.63) is 76.5 Å². The van der Waals surface area contributed by atoms with Crippen molar-refractivity contribution in [2.75, 3.05) is 27.4 Å². The molecular weight excluding hydrogens is 502 g/mol. The van der Waals surface area contributed by atoms with Crippen molar-refractivity contribution in [1.82, 2.24) is 10.6 Å². The summed E-state index contributed by atoms with van der Waals surface area (Å²) < 4.78 is 16.1. The van der Waals surface area contributed by atoms with Crippen LogP contribution in [0, 0.1) is 17.8 Å². The Kier molecular flexibility index (Phi) is 11.1. The third kappa shape index (κ3) is 9.70. The van der Waals surface area contributed by atoms with Gasteiger partial charge in [-0.25, -0.2) is 4.79 Å². The number of benzene rings is 2. The molecule has 7 nitrogen and oxygen atoms in total. The van der Waals surface area contributed by atoms with Crippen LogP contribution < -0.4 is 21.1 Å². The van der Waals surface area contributed by atoms with Gasteiger partial charge in [-0.05, 0) is 86.6 Å². The zero-order chi connectivity index (χ0) is 27.5. The van der Waals surface area contributed by atoms with E-state index in [9.17, 15) is 4.79 Å². The maximum absolute atomic E-state index is 11.8. The number of methoxy groups -OCH3 is 2. The Morgan fingerprint density at radius 3 is 2.42 bits per heavy atom. The second kappa shape index (κ2) is 14.2. The van der Waals surface area contributed by atoms with Crippen LogP contribution in [0.1, 0.15) is 42.6 Å². The van der Waals surface area contributed by atoms with E-state index in [0.29, 0.717) is 41.9 Å². The standard InChI is InChI=1S/C30H38ClN3O4/c1-30(2,37-4)16-15-25(32)19-27(34-20-21-5-7-23(8-6-21)29(35)36-3)28(22-9-10-22)33-17-18-38-26-13-11-24(31)12-14-26/h5-8,11-14,19,22,27-28,33-34H,9-10,17-18,20,32H2,1-4H3/b25-19+. The van der Waals surface area contributed by atoms with Gasteiger partial charge in [0.05, 0.1) is 18.4 Å². The largest absolute Gasteiger partial charge is 0.492 e. The van der Waals surface area contributed by atoms with Crippen LogP contribution in [0.15, 0.2) is 60.3 Å². The van der Waals surface area contributed by atoms with Gasteiger partial charge in [0.2, 0.25) is 0 Å². The fourth-order valence-electron chi connectivity index (χ4n) is 3.88. The summed E-state index contributed by atoms with van der Waals surface area (Å²) in [6, 6.07) is 14.8. The number of nitrogens with one attached hydrogen (secondary N) is 2. The molecule has 0 radical (unpaired) electrons. The van der Waals surface area contributed by atoms with E-state index < -0.39 is 5.60 Å². The van der Waals surface area contributed by atoms with Crippen LogP contribution in [0.25, 0.3) is 0 Å². The van der Waals surface area contributed by atoms with Crippen LogP contribution in [0.2, 0.25) is 5.02 Å². The molecule has 0 bridgehead atoms. The highest BCUT2D eigenvalue weighted by atomic mass is 35.5. The first kappa shape index (κ1) is 29.5. The minimum Gasteiger partial charge on any atom is -0.492 e. The first-order valence-corrected chi connectivity index (χ1v) is 13.2. The Hall–Kier alpha value is -3.02. The number of carbonyl (C=O) groups excluding carboxylic acids is 1. The molecule has 204 valence electrons. The van der Waals surface area contributed by atoms with Crippen LogP contribution in [-0.4, -0.2) is 51.0 Å². The smallest absolute Gasteiger partial charge is 0.337 e. The molecule has 38 heavy (non-hydrogen) atoms. The summed E-state index contributed by atoms with van der Waals surface area (Å²) in [4.78, 5) is 11.8. The van der Waals surface area contributed by atoms with Gasteiger partial charge in [0, 0.05) is 37.3 Å². The lowest BCUT2D eigenvalue weighted by Gasteiger charge is -2.27. The molecule has 1 aliphatic carbocycles. The maximum Gasteiger partial charge on any atom is 0.337 e. The molecule has 2 unspecified atom stereocenters. The van der Waals surface area contributed by atoms with Gasteiger partial charge in [0.1, 0.15) is 18.0 Å². The Balaban J connectivity index is 1.70. The molecule has 0 aliphatic heterocycles. The molecule has 0 saturated heterocycles. The fourth-order valence-corrected chi connectivity index (χ4v) is 4.00. The lowest BCUT2D eigenvalue weighted by atomic mass is 10.0. The molecular formula is C30H38ClN3O4. The van der Waals surface area contributed by atoms with Crippen molar-refractivity contribution in [3.63, 3.8) is 0 Å². The SMILES string of the molecule is COC(=O)c1ccc(CNC(/C=C(/N)C#CC(C)(C)OC)C(NCCOc2ccc(Cl)cc2)C2CC2)cc1. The van der Waals surface area contributed by atoms with Gasteiger partial charge in [-0.1, -0.05) is 29.7 Å². The van der Waals surface area contributed by atoms with Crippen molar-refractivity contribution < 1.29 is 19.0 Å². The second-order valence-electron chi connectivity index (χ2n) is 9.80. The average Bonchev–Trinajstić information content (AvgIpc) is 3.76. The predicted molar refractivity (Wildman–Crippen MR) is 151 cm³/mol. The van der Waals surface area contributed by atoms with Gasteiger partial charge >= 0.3 is 5.97 Å². The number of ether oxygens (including phenoxy) is 3. The molecule has 2 aromatic carbocycles. The van der Waals surface area contributed by atoms with Crippen molar-refractivity contribution in [1.29, 1.82) is 0 Å². The molecule has 0 aromatic heterocycles. The third-order valence-electron chi connectivity index (χ3n) is 6.38. The topological polar surface area (TPSA) is 94.8 Å². The van der Waals surface area contributed by atoms with Gasteiger partial charge < -0.3 is 30.6 Å². The number of nitrogens with two attached hydrogens (primary N) is 1. The van der Waals surface area contributed by atoms with Crippen LogP contribution >= 0.6 is 11.6 Å². The van der Waals surface area contributed by atoms with Crippen molar-refractivity contribution in [2.24, 2.45) is 11.7 Å². The summed E-state index contributed by atoms with van der Waals surface area (Å²) in [7, 11) is 3.00. The highest BCUT2D eigenvalue weighted by molar-refractivity contribution is 6.30. The first-order chi connectivity index (χ1) is 18.2. The van der Waals surface area contributed by atoms with Crippen molar-refractivity contribution in [2.45, 2.75) is 50.9 Å². The Labute approximate surface area is 231 Å². The van der Waals surface area contributed by atoms with Crippen molar-refractivity contribution in [3.8, 4) is 17.6 Å². The van der Waals surface area contributed by atoms with Crippen LogP contribution in [0.4, 0.5) is 0 Å². The van der Waals surface area contributed by atoms with Crippen LogP contribution in [0.5, 0.6) is 5.75 Å². The van der Waals surface area contributed by atoms with E-state index in [1.54, 1.807) is 19.2 Å². The quantitative estimate of drug-likeness (QED) is 0.198. The summed E-state index contributed by atoms with van der Waals surface area (Å²) in [6.07, 6.45) is 4.29. The molecule has 1 saturated carbocycles. The predicted octanol–water partition coefficient (Wildman–Crippen LogP) is 4.30. The molecule has 2 atom stereocenters. The van der Waals surface area contributed by atoms with E-state index in [1.165, 1.54) is 7.11 Å². The molecule has 8 heteroatoms. The molecule has 2 aromatic rings. The van der Waals surface area contributed by atoms with E-state index in [2.05, 4.69) is 22.5 Å². The van der Waals surface area contributed by atoms with Crippen LogP contribution in [-0.2, 0) is 16.0 Å². The lowest BCUT2D eigenvalue weighted by molar-refractivity contribution is 0.0600. The van der Waals surface area contributed by atoms with Crippen LogP contribution in [0.3, 0.4) is 0 Å². The van der Waals surface area contributed by atoms with Gasteiger partial charge in [-0.2, -0.15) is 0 Å². The van der Waals surface area contributed by atoms with Gasteiger partial charge in [0.15, 0.2) is 0 Å². The number of hydrogen-bond acceptors (Lipinski definition) is 7. The van der Waals surface area contributed by atoms with E-state index in [1.807, 2.05) is 56.3 Å². The number of hydrogen-bond donors (Lipinski definition) is 3. The summed E-state index contributed by atoms with van der Waals surface area (Å²) in [5, 5.41) is 7.99. The highest BCUT2D eigenvalue weighted by Crippen LogP contribution is 2.34. The minimum absolute atomic E-state index is 0.0710. The Morgan fingerprint density at radius 2 is 1.82 bits per heavy atom. The molecule has 1 fully saturated rings. The lowest BCUT2D eigenvalue weighted by Crippen LogP contribution is -2.49. The van der Waals surface area contributed by atoms with E-state index in [0.717, 1.165) is 24.2 Å². The van der Waals surface area contributed by atoms with Crippen molar-refractivity contribution >= 4 is 17.6 Å². The summed E-state index contributed by atoms with van der Waals surface area (Å²) in [5.74, 6) is 7.08. The monoisotopic (exact) mass is 539 g/mol. The molecule has 0 heterocycles. The molecule has 3 rings (SSSR count). The minimum atomic E-state index is -0.587. The molecule has 1 aliphatic rings. The van der Waals surface area contributed by atoms with Gasteiger partial charge in [-0.3, -0.25) is 0 Å². The molecule has 4 N–H and O–H groups in total. The number of halogens is 1.